The first-order valence-corrected chi connectivity index (χ1v) is 4.44. The van der Waals surface area contributed by atoms with Crippen molar-refractivity contribution < 1.29 is 14.7 Å². The van der Waals surface area contributed by atoms with Gasteiger partial charge in [0, 0.05) is 12.6 Å². The predicted molar refractivity (Wildman–Crippen MR) is 53.9 cm³/mol. The maximum absolute atomic E-state index is 11.2. The molecule has 0 aromatic rings. The molecular formula is C10H14N2O3. The van der Waals surface area contributed by atoms with E-state index < -0.39 is 12.0 Å². The highest BCUT2D eigenvalue weighted by Crippen LogP contribution is 2.10. The number of carbonyl (C=O) groups excluding carboxylic acids is 1. The molecule has 0 amide bonds. The zero-order valence-corrected chi connectivity index (χ0v) is 8.86. The van der Waals surface area contributed by atoms with Crippen LogP contribution in [0.25, 0.3) is 0 Å². The standard InChI is InChI=1S/C10H14N2O3/c1-7(10(14)15)4-5-9(8(2)13)12(3)6-11/h9H,1,4-5H2,2-3H3,(H,14,15). The van der Waals surface area contributed by atoms with E-state index >= 15 is 0 Å². The quantitative estimate of drug-likeness (QED) is 0.398. The topological polar surface area (TPSA) is 81.4 Å². The molecule has 5 heteroatoms. The van der Waals surface area contributed by atoms with Gasteiger partial charge >= 0.3 is 5.97 Å². The number of hydrogen-bond donors (Lipinski definition) is 1. The second-order valence-electron chi connectivity index (χ2n) is 3.28. The Morgan fingerprint density at radius 1 is 1.60 bits per heavy atom. The molecule has 1 atom stereocenters. The molecule has 82 valence electrons. The van der Waals surface area contributed by atoms with E-state index in [4.69, 9.17) is 10.4 Å². The van der Waals surface area contributed by atoms with Gasteiger partial charge in [-0.2, -0.15) is 5.26 Å². The maximum Gasteiger partial charge on any atom is 0.330 e. The van der Waals surface area contributed by atoms with Gasteiger partial charge in [0.2, 0.25) is 0 Å². The fraction of sp³-hybridized carbons (Fsp3) is 0.500. The first-order chi connectivity index (χ1) is 6.90. The SMILES string of the molecule is C=C(CCC(C(C)=O)N(C)C#N)C(=O)O. The van der Waals surface area contributed by atoms with E-state index in [0.717, 1.165) is 0 Å². The Labute approximate surface area is 88.6 Å². The molecule has 1 N–H and O–H groups in total. The fourth-order valence-electron chi connectivity index (χ4n) is 1.16. The van der Waals surface area contributed by atoms with Gasteiger partial charge in [0.15, 0.2) is 12.0 Å². The van der Waals surface area contributed by atoms with Crippen LogP contribution in [0.5, 0.6) is 0 Å². The molecule has 0 heterocycles. The van der Waals surface area contributed by atoms with E-state index in [1.165, 1.54) is 18.9 Å². The second-order valence-corrected chi connectivity index (χ2v) is 3.28. The summed E-state index contributed by atoms with van der Waals surface area (Å²) >= 11 is 0. The minimum Gasteiger partial charge on any atom is -0.478 e. The van der Waals surface area contributed by atoms with Gasteiger partial charge in [-0.15, -0.1) is 0 Å². The van der Waals surface area contributed by atoms with E-state index in [-0.39, 0.29) is 17.8 Å². The summed E-state index contributed by atoms with van der Waals surface area (Å²) in [6, 6.07) is -0.564. The van der Waals surface area contributed by atoms with Gasteiger partial charge in [-0.25, -0.2) is 4.79 Å². The molecule has 15 heavy (non-hydrogen) atoms. The highest BCUT2D eigenvalue weighted by Gasteiger charge is 2.19. The van der Waals surface area contributed by atoms with Crippen LogP contribution < -0.4 is 0 Å². The van der Waals surface area contributed by atoms with Crippen LogP contribution >= 0.6 is 0 Å². The smallest absolute Gasteiger partial charge is 0.330 e. The Hall–Kier alpha value is -1.83. The maximum atomic E-state index is 11.2. The molecule has 0 aliphatic heterocycles. The van der Waals surface area contributed by atoms with Crippen LogP contribution in [-0.4, -0.2) is 34.8 Å². The summed E-state index contributed by atoms with van der Waals surface area (Å²) in [5, 5.41) is 17.2. The number of carbonyl (C=O) groups is 2. The Bertz CT molecular complexity index is 317. The number of Topliss-reactive ketones (excluding diaryl/α,β-unsaturated/α-hetero) is 1. The summed E-state index contributed by atoms with van der Waals surface area (Å²) in [5.41, 5.74) is 0.0487. The molecule has 0 saturated carbocycles. The van der Waals surface area contributed by atoms with Crippen molar-refractivity contribution in [3.05, 3.63) is 12.2 Å². The third-order valence-electron chi connectivity index (χ3n) is 2.12. The predicted octanol–water partition coefficient (Wildman–Crippen LogP) is 0.778. The number of nitriles is 1. The Morgan fingerprint density at radius 3 is 2.47 bits per heavy atom. The molecule has 0 saturated heterocycles. The molecule has 1 unspecified atom stereocenters. The molecule has 0 aromatic carbocycles. The molecule has 0 fully saturated rings. The average molecular weight is 210 g/mol. The van der Waals surface area contributed by atoms with Crippen LogP contribution in [0.15, 0.2) is 12.2 Å². The lowest BCUT2D eigenvalue weighted by molar-refractivity contribution is -0.133. The van der Waals surface area contributed by atoms with Crippen molar-refractivity contribution in [3.8, 4) is 6.19 Å². The van der Waals surface area contributed by atoms with Crippen molar-refractivity contribution in [1.82, 2.24) is 4.90 Å². The summed E-state index contributed by atoms with van der Waals surface area (Å²) < 4.78 is 0. The Morgan fingerprint density at radius 2 is 2.13 bits per heavy atom. The van der Waals surface area contributed by atoms with Crippen molar-refractivity contribution in [1.29, 1.82) is 5.26 Å². The second kappa shape index (κ2) is 5.81. The minimum atomic E-state index is -1.07. The van der Waals surface area contributed by atoms with Crippen molar-refractivity contribution >= 4 is 11.8 Å². The van der Waals surface area contributed by atoms with Gasteiger partial charge < -0.3 is 10.0 Å². The number of nitrogens with zero attached hydrogens (tertiary/aromatic N) is 2. The molecular weight excluding hydrogens is 196 g/mol. The highest BCUT2D eigenvalue weighted by atomic mass is 16.4. The summed E-state index contributed by atoms with van der Waals surface area (Å²) in [5.74, 6) is -1.23. The van der Waals surface area contributed by atoms with Crippen LogP contribution in [0.1, 0.15) is 19.8 Å². The third kappa shape index (κ3) is 4.27. The number of ketones is 1. The van der Waals surface area contributed by atoms with Crippen LogP contribution in [0.4, 0.5) is 0 Å². The van der Waals surface area contributed by atoms with Crippen LogP contribution in [0.2, 0.25) is 0 Å². The number of carboxylic acids is 1. The van der Waals surface area contributed by atoms with Gasteiger partial charge in [-0.3, -0.25) is 4.79 Å². The number of aliphatic carboxylic acids is 1. The Balaban J connectivity index is 4.34. The van der Waals surface area contributed by atoms with Crippen molar-refractivity contribution in [3.63, 3.8) is 0 Å². The number of rotatable bonds is 6. The van der Waals surface area contributed by atoms with Gasteiger partial charge in [-0.1, -0.05) is 6.58 Å². The fourth-order valence-corrected chi connectivity index (χ4v) is 1.16. The summed E-state index contributed by atoms with van der Waals surface area (Å²) in [7, 11) is 1.50. The van der Waals surface area contributed by atoms with Crippen LogP contribution in [0.3, 0.4) is 0 Å². The van der Waals surface area contributed by atoms with Crippen LogP contribution in [0, 0.1) is 11.5 Å². The average Bonchev–Trinajstić information content (AvgIpc) is 2.16. The summed E-state index contributed by atoms with van der Waals surface area (Å²) in [4.78, 5) is 22.8. The van der Waals surface area contributed by atoms with E-state index in [2.05, 4.69) is 6.58 Å². The monoisotopic (exact) mass is 210 g/mol. The molecule has 0 rings (SSSR count). The van der Waals surface area contributed by atoms with E-state index in [9.17, 15) is 9.59 Å². The molecule has 0 spiro atoms. The van der Waals surface area contributed by atoms with Crippen molar-refractivity contribution in [2.24, 2.45) is 0 Å². The normalized spacial score (nSPS) is 11.3. The highest BCUT2D eigenvalue weighted by molar-refractivity contribution is 5.86. The molecule has 0 aliphatic carbocycles. The van der Waals surface area contributed by atoms with E-state index in [1.54, 1.807) is 0 Å². The van der Waals surface area contributed by atoms with Gasteiger partial charge in [0.1, 0.15) is 0 Å². The van der Waals surface area contributed by atoms with Crippen LogP contribution in [-0.2, 0) is 9.59 Å². The molecule has 0 bridgehead atoms. The van der Waals surface area contributed by atoms with Gasteiger partial charge in [0.05, 0.1) is 6.04 Å². The van der Waals surface area contributed by atoms with E-state index in [1.807, 2.05) is 6.19 Å². The third-order valence-corrected chi connectivity index (χ3v) is 2.12. The number of carboxylic acid groups (broad SMARTS) is 1. The van der Waals surface area contributed by atoms with Crippen molar-refractivity contribution in [2.75, 3.05) is 7.05 Å². The minimum absolute atomic E-state index is 0.0487. The number of likely N-dealkylation sites (N-methyl/N-ethyl adjacent to an activating group) is 1. The van der Waals surface area contributed by atoms with Crippen molar-refractivity contribution in [2.45, 2.75) is 25.8 Å². The molecule has 5 nitrogen and oxygen atoms in total. The first-order valence-electron chi connectivity index (χ1n) is 4.44. The lowest BCUT2D eigenvalue weighted by atomic mass is 10.0. The molecule has 0 aliphatic rings. The zero-order valence-electron chi connectivity index (χ0n) is 8.86. The zero-order chi connectivity index (χ0) is 12.0. The van der Waals surface area contributed by atoms with Gasteiger partial charge in [0.25, 0.3) is 0 Å². The summed E-state index contributed by atoms with van der Waals surface area (Å²) in [6.45, 7) is 4.74. The molecule has 0 radical (unpaired) electrons. The summed E-state index contributed by atoms with van der Waals surface area (Å²) in [6.07, 6.45) is 2.33. The lowest BCUT2D eigenvalue weighted by Gasteiger charge is -2.20. The largest absolute Gasteiger partial charge is 0.478 e. The Kier molecular flexibility index (Phi) is 5.10. The lowest BCUT2D eigenvalue weighted by Crippen LogP contribution is -2.34. The number of hydrogen-bond acceptors (Lipinski definition) is 4. The molecule has 0 aromatic heterocycles. The van der Waals surface area contributed by atoms with Gasteiger partial charge in [-0.05, 0) is 19.8 Å². The first kappa shape index (κ1) is 13.2. The van der Waals surface area contributed by atoms with E-state index in [0.29, 0.717) is 6.42 Å².